The Balaban J connectivity index is 1.56. The van der Waals surface area contributed by atoms with E-state index < -0.39 is 5.41 Å². The number of hydrogen-bond acceptors (Lipinski definition) is 4. The highest BCUT2D eigenvalue weighted by atomic mass is 19.1. The maximum atomic E-state index is 14.4. The number of rotatable bonds is 8. The smallest absolute Gasteiger partial charge is 0.319 e. The summed E-state index contributed by atoms with van der Waals surface area (Å²) in [4.78, 5) is 15.6. The third-order valence-electron chi connectivity index (χ3n) is 7.87. The molecule has 1 aliphatic heterocycles. The largest absolute Gasteiger partial charge is 0.495 e. The van der Waals surface area contributed by atoms with Crippen molar-refractivity contribution in [1.29, 1.82) is 0 Å². The van der Waals surface area contributed by atoms with Crippen LogP contribution in [0.4, 0.5) is 26.2 Å². The van der Waals surface area contributed by atoms with Gasteiger partial charge in [-0.1, -0.05) is 52.0 Å². The minimum absolute atomic E-state index is 0.194. The lowest BCUT2D eigenvalue weighted by molar-refractivity contribution is 0.244. The van der Waals surface area contributed by atoms with Crippen molar-refractivity contribution in [1.82, 2.24) is 5.32 Å². The lowest BCUT2D eigenvalue weighted by Crippen LogP contribution is -2.50. The van der Waals surface area contributed by atoms with Gasteiger partial charge in [-0.25, -0.2) is 9.18 Å². The molecular formula is C32H41FN4O2. The molecule has 0 aromatic heterocycles. The number of carbonyl (C=O) groups is 1. The van der Waals surface area contributed by atoms with Crippen molar-refractivity contribution in [3.63, 3.8) is 0 Å². The van der Waals surface area contributed by atoms with Gasteiger partial charge in [0.1, 0.15) is 11.6 Å². The number of carbonyl (C=O) groups excluding carboxylic acids is 1. The highest BCUT2D eigenvalue weighted by Gasteiger charge is 2.37. The minimum Gasteiger partial charge on any atom is -0.495 e. The van der Waals surface area contributed by atoms with Crippen LogP contribution in [0.2, 0.25) is 0 Å². The Morgan fingerprint density at radius 1 is 1.00 bits per heavy atom. The van der Waals surface area contributed by atoms with Crippen LogP contribution in [0.15, 0.2) is 60.7 Å². The molecule has 1 aliphatic rings. The number of halogens is 1. The molecule has 0 unspecified atom stereocenters. The van der Waals surface area contributed by atoms with E-state index in [1.54, 1.807) is 19.2 Å². The maximum absolute atomic E-state index is 14.4. The number of nitrogens with one attached hydrogen (secondary N) is 2. The van der Waals surface area contributed by atoms with E-state index in [0.29, 0.717) is 12.2 Å². The summed E-state index contributed by atoms with van der Waals surface area (Å²) in [6, 6.07) is 18.4. The van der Waals surface area contributed by atoms with Crippen molar-refractivity contribution < 1.29 is 13.9 Å². The molecule has 3 aromatic carbocycles. The maximum Gasteiger partial charge on any atom is 0.319 e. The average Bonchev–Trinajstić information content (AvgIpc) is 2.92. The van der Waals surface area contributed by atoms with E-state index in [-0.39, 0.29) is 23.7 Å². The summed E-state index contributed by atoms with van der Waals surface area (Å²) in [5.41, 5.74) is 11.3. The molecule has 1 fully saturated rings. The van der Waals surface area contributed by atoms with Crippen LogP contribution < -0.4 is 26.0 Å². The molecule has 6 nitrogen and oxygen atoms in total. The molecule has 208 valence electrons. The summed E-state index contributed by atoms with van der Waals surface area (Å²) in [5, 5.41) is 6.27. The molecule has 0 aliphatic carbocycles. The summed E-state index contributed by atoms with van der Waals surface area (Å²) in [6.07, 6.45) is 1.51. The van der Waals surface area contributed by atoms with E-state index in [1.807, 2.05) is 36.4 Å². The van der Waals surface area contributed by atoms with Crippen molar-refractivity contribution >= 4 is 23.1 Å². The summed E-state index contributed by atoms with van der Waals surface area (Å²) in [5.74, 6) is 0.950. The highest BCUT2D eigenvalue weighted by Crippen LogP contribution is 2.39. The van der Waals surface area contributed by atoms with Crippen molar-refractivity contribution in [3.05, 3.63) is 83.2 Å². The number of nitrogens with two attached hydrogens (primary N) is 1. The van der Waals surface area contributed by atoms with Gasteiger partial charge in [0.05, 0.1) is 12.8 Å². The Morgan fingerprint density at radius 2 is 1.64 bits per heavy atom. The second kappa shape index (κ2) is 12.0. The molecule has 0 radical (unpaired) electrons. The van der Waals surface area contributed by atoms with Gasteiger partial charge in [-0.15, -0.1) is 0 Å². The predicted molar refractivity (Wildman–Crippen MR) is 159 cm³/mol. The number of amides is 2. The topological polar surface area (TPSA) is 79.6 Å². The van der Waals surface area contributed by atoms with Gasteiger partial charge in [0.2, 0.25) is 0 Å². The molecule has 0 saturated carbocycles. The fourth-order valence-corrected chi connectivity index (χ4v) is 5.63. The van der Waals surface area contributed by atoms with Crippen molar-refractivity contribution in [2.24, 2.45) is 0 Å². The van der Waals surface area contributed by atoms with Gasteiger partial charge < -0.3 is 26.0 Å². The molecule has 39 heavy (non-hydrogen) atoms. The highest BCUT2D eigenvalue weighted by molar-refractivity contribution is 5.92. The van der Waals surface area contributed by atoms with Gasteiger partial charge in [0, 0.05) is 36.4 Å². The van der Waals surface area contributed by atoms with Gasteiger partial charge >= 0.3 is 6.03 Å². The number of ether oxygens (including phenoxy) is 1. The molecule has 1 saturated heterocycles. The van der Waals surface area contributed by atoms with E-state index in [4.69, 9.17) is 10.5 Å². The van der Waals surface area contributed by atoms with E-state index >= 15 is 0 Å². The van der Waals surface area contributed by atoms with E-state index in [1.165, 1.54) is 6.07 Å². The lowest BCUT2D eigenvalue weighted by atomic mass is 9.72. The Hall–Kier alpha value is -3.74. The van der Waals surface area contributed by atoms with Crippen LogP contribution in [-0.2, 0) is 5.41 Å². The Bertz CT molecular complexity index is 1270. The normalized spacial score (nSPS) is 14.9. The van der Waals surface area contributed by atoms with Gasteiger partial charge in [-0.3, -0.25) is 0 Å². The Labute approximate surface area is 231 Å². The SMILES string of the molecule is COc1ccccc1N1CCC(CNC(=O)Nc2c(C(C)C)cc(N)cc2C(C)C)(c2cccc(F)c2)CC1. The van der Waals surface area contributed by atoms with Crippen LogP contribution in [0.25, 0.3) is 0 Å². The second-order valence-corrected chi connectivity index (χ2v) is 11.1. The monoisotopic (exact) mass is 532 g/mol. The zero-order chi connectivity index (χ0) is 28.2. The summed E-state index contributed by atoms with van der Waals surface area (Å²) in [7, 11) is 1.68. The number of piperidine rings is 1. The first kappa shape index (κ1) is 28.3. The van der Waals surface area contributed by atoms with Crippen molar-refractivity contribution in [2.45, 2.75) is 57.8 Å². The number of benzene rings is 3. The van der Waals surface area contributed by atoms with E-state index in [2.05, 4.69) is 49.3 Å². The van der Waals surface area contributed by atoms with Crippen molar-refractivity contribution in [3.8, 4) is 5.75 Å². The molecule has 2 amide bonds. The third kappa shape index (κ3) is 6.29. The van der Waals surface area contributed by atoms with Crippen LogP contribution in [-0.4, -0.2) is 32.8 Å². The Morgan fingerprint density at radius 3 is 2.23 bits per heavy atom. The lowest BCUT2D eigenvalue weighted by Gasteiger charge is -2.43. The second-order valence-electron chi connectivity index (χ2n) is 11.1. The standard InChI is InChI=1S/C32H41FN4O2/c1-21(2)26-18-25(34)19-27(22(3)4)30(26)36-31(38)35-20-32(23-9-8-10-24(33)17-23)13-15-37(16-14-32)28-11-6-7-12-29(28)39-5/h6-12,17-19,21-22H,13-16,20,34H2,1-5H3,(H2,35,36,38). The predicted octanol–water partition coefficient (Wildman–Crippen LogP) is 7.02. The Kier molecular flexibility index (Phi) is 8.68. The van der Waals surface area contributed by atoms with Crippen LogP contribution >= 0.6 is 0 Å². The van der Waals surface area contributed by atoms with Crippen LogP contribution in [0.3, 0.4) is 0 Å². The molecular weight excluding hydrogens is 491 g/mol. The molecule has 0 spiro atoms. The number of urea groups is 1. The number of para-hydroxylation sites is 2. The van der Waals surface area contributed by atoms with Crippen LogP contribution in [0.1, 0.15) is 69.1 Å². The molecule has 1 heterocycles. The van der Waals surface area contributed by atoms with Gasteiger partial charge in [0.15, 0.2) is 0 Å². The van der Waals surface area contributed by atoms with Gasteiger partial charge in [-0.2, -0.15) is 0 Å². The van der Waals surface area contributed by atoms with Gasteiger partial charge in [0.25, 0.3) is 0 Å². The summed E-state index contributed by atoms with van der Waals surface area (Å²) < 4.78 is 19.9. The van der Waals surface area contributed by atoms with Crippen molar-refractivity contribution in [2.75, 3.05) is 42.7 Å². The number of hydrogen-bond donors (Lipinski definition) is 3. The molecule has 3 aromatic rings. The van der Waals surface area contributed by atoms with E-state index in [9.17, 15) is 9.18 Å². The minimum atomic E-state index is -0.402. The molecule has 0 bridgehead atoms. The fraction of sp³-hybridized carbons (Fsp3) is 0.406. The fourth-order valence-electron chi connectivity index (χ4n) is 5.63. The molecule has 4 rings (SSSR count). The first-order valence-electron chi connectivity index (χ1n) is 13.8. The third-order valence-corrected chi connectivity index (χ3v) is 7.87. The average molecular weight is 533 g/mol. The zero-order valence-electron chi connectivity index (χ0n) is 23.7. The number of nitrogen functional groups attached to an aromatic ring is 1. The van der Waals surface area contributed by atoms with Crippen LogP contribution in [0.5, 0.6) is 5.75 Å². The summed E-state index contributed by atoms with van der Waals surface area (Å²) >= 11 is 0. The molecule has 0 atom stereocenters. The van der Waals surface area contributed by atoms with Crippen LogP contribution in [0, 0.1) is 5.82 Å². The molecule has 4 N–H and O–H groups in total. The summed E-state index contributed by atoms with van der Waals surface area (Å²) in [6.45, 7) is 10.3. The number of methoxy groups -OCH3 is 1. The zero-order valence-corrected chi connectivity index (χ0v) is 23.7. The number of anilines is 3. The quantitative estimate of drug-likeness (QED) is 0.272. The first-order valence-corrected chi connectivity index (χ1v) is 13.8. The first-order chi connectivity index (χ1) is 18.6. The molecule has 7 heteroatoms. The number of nitrogens with zero attached hydrogens (tertiary/aromatic N) is 1. The van der Waals surface area contributed by atoms with Gasteiger partial charge in [-0.05, 0) is 77.8 Å². The van der Waals surface area contributed by atoms with E-state index in [0.717, 1.165) is 59.7 Å².